The maximum atomic E-state index is 12.0. The molecule has 1 atom stereocenters. The molecule has 1 saturated carbocycles. The highest BCUT2D eigenvalue weighted by Gasteiger charge is 2.23. The van der Waals surface area contributed by atoms with Gasteiger partial charge in [0.1, 0.15) is 11.5 Å². The van der Waals surface area contributed by atoms with Crippen LogP contribution in [0, 0.1) is 0 Å². The molecule has 0 aliphatic heterocycles. The largest absolute Gasteiger partial charge is 0.495 e. The third-order valence-electron chi connectivity index (χ3n) is 3.38. The van der Waals surface area contributed by atoms with Crippen molar-refractivity contribution < 1.29 is 9.53 Å². The lowest BCUT2D eigenvalue weighted by atomic mass is 9.90. The van der Waals surface area contributed by atoms with Crippen LogP contribution in [-0.2, 0) is 4.79 Å². The van der Waals surface area contributed by atoms with E-state index in [0.29, 0.717) is 23.0 Å². The monoisotopic (exact) mass is 252 g/mol. The first kappa shape index (κ1) is 12.4. The summed E-state index contributed by atoms with van der Waals surface area (Å²) >= 11 is 5.99. The van der Waals surface area contributed by atoms with E-state index in [-0.39, 0.29) is 5.92 Å². The van der Waals surface area contributed by atoms with Crippen molar-refractivity contribution in [3.8, 4) is 5.75 Å². The van der Waals surface area contributed by atoms with Gasteiger partial charge in [-0.05, 0) is 30.5 Å². The molecule has 1 aliphatic carbocycles. The Morgan fingerprint density at radius 1 is 1.29 bits per heavy atom. The first-order valence-corrected chi connectivity index (χ1v) is 6.46. The van der Waals surface area contributed by atoms with Crippen molar-refractivity contribution in [3.05, 3.63) is 28.8 Å². The van der Waals surface area contributed by atoms with Gasteiger partial charge in [-0.2, -0.15) is 0 Å². The number of carbonyl (C=O) groups excluding carboxylic acids is 1. The molecule has 1 aliphatic rings. The Morgan fingerprint density at radius 3 is 2.88 bits per heavy atom. The normalized spacial score (nSPS) is 21.1. The van der Waals surface area contributed by atoms with E-state index in [1.54, 1.807) is 7.11 Å². The van der Waals surface area contributed by atoms with Gasteiger partial charge in [-0.1, -0.05) is 30.5 Å². The summed E-state index contributed by atoms with van der Waals surface area (Å²) in [6, 6.07) is 5.66. The van der Waals surface area contributed by atoms with Crippen LogP contribution in [0.1, 0.15) is 43.6 Å². The predicted octanol–water partition coefficient (Wildman–Crippen LogP) is 3.97. The van der Waals surface area contributed by atoms with Crippen molar-refractivity contribution in [1.29, 1.82) is 0 Å². The van der Waals surface area contributed by atoms with Crippen molar-refractivity contribution in [2.24, 2.45) is 0 Å². The lowest BCUT2D eigenvalue weighted by Crippen LogP contribution is -2.10. The summed E-state index contributed by atoms with van der Waals surface area (Å²) in [7, 11) is 1.60. The van der Waals surface area contributed by atoms with Gasteiger partial charge in [0, 0.05) is 12.3 Å². The van der Waals surface area contributed by atoms with Crippen molar-refractivity contribution in [2.45, 2.75) is 38.0 Å². The zero-order chi connectivity index (χ0) is 12.3. The van der Waals surface area contributed by atoms with Crippen molar-refractivity contribution >= 4 is 17.4 Å². The van der Waals surface area contributed by atoms with Crippen LogP contribution < -0.4 is 4.74 Å². The smallest absolute Gasteiger partial charge is 0.140 e. The summed E-state index contributed by atoms with van der Waals surface area (Å²) < 4.78 is 5.20. The second kappa shape index (κ2) is 5.54. The van der Waals surface area contributed by atoms with Crippen LogP contribution in [0.2, 0.25) is 5.02 Å². The number of methoxy groups -OCH3 is 1. The number of benzene rings is 1. The Labute approximate surface area is 107 Å². The van der Waals surface area contributed by atoms with Crippen LogP contribution in [0.3, 0.4) is 0 Å². The zero-order valence-corrected chi connectivity index (χ0v) is 10.8. The molecule has 2 nitrogen and oxygen atoms in total. The van der Waals surface area contributed by atoms with Crippen LogP contribution in [0.15, 0.2) is 18.2 Å². The number of hydrogen-bond donors (Lipinski definition) is 0. The fourth-order valence-electron chi connectivity index (χ4n) is 2.41. The van der Waals surface area contributed by atoms with Gasteiger partial charge in [0.15, 0.2) is 0 Å². The summed E-state index contributed by atoms with van der Waals surface area (Å²) in [5.74, 6) is 1.04. The second-order valence-electron chi connectivity index (χ2n) is 4.51. The Hall–Kier alpha value is -1.02. The standard InChI is InChI=1S/C14H17ClO2/c1-17-14-9-10(7-8-12(14)15)11-5-3-2-4-6-13(11)16/h7-9,11H,2-6H2,1H3. The van der Waals surface area contributed by atoms with Gasteiger partial charge in [0.25, 0.3) is 0 Å². The van der Waals surface area contributed by atoms with E-state index in [9.17, 15) is 4.79 Å². The van der Waals surface area contributed by atoms with Crippen LogP contribution in [0.5, 0.6) is 5.75 Å². The molecule has 17 heavy (non-hydrogen) atoms. The number of hydrogen-bond acceptors (Lipinski definition) is 2. The lowest BCUT2D eigenvalue weighted by molar-refractivity contribution is -0.120. The van der Waals surface area contributed by atoms with E-state index >= 15 is 0 Å². The van der Waals surface area contributed by atoms with Gasteiger partial charge in [-0.25, -0.2) is 0 Å². The van der Waals surface area contributed by atoms with Gasteiger partial charge in [-0.3, -0.25) is 4.79 Å². The Bertz CT molecular complexity index is 415. The minimum Gasteiger partial charge on any atom is -0.495 e. The molecule has 0 aromatic heterocycles. The van der Waals surface area contributed by atoms with Gasteiger partial charge in [0.05, 0.1) is 12.1 Å². The van der Waals surface area contributed by atoms with Gasteiger partial charge in [-0.15, -0.1) is 0 Å². The molecule has 0 spiro atoms. The first-order valence-electron chi connectivity index (χ1n) is 6.08. The third-order valence-corrected chi connectivity index (χ3v) is 3.69. The maximum absolute atomic E-state index is 12.0. The summed E-state index contributed by atoms with van der Waals surface area (Å²) in [4.78, 5) is 12.0. The highest BCUT2D eigenvalue weighted by molar-refractivity contribution is 6.32. The van der Waals surface area contributed by atoms with Gasteiger partial charge >= 0.3 is 0 Å². The fraction of sp³-hybridized carbons (Fsp3) is 0.500. The van der Waals surface area contributed by atoms with Crippen LogP contribution >= 0.6 is 11.6 Å². The highest BCUT2D eigenvalue weighted by Crippen LogP contribution is 2.33. The molecule has 3 heteroatoms. The average molecular weight is 253 g/mol. The molecule has 2 rings (SSSR count). The summed E-state index contributed by atoms with van der Waals surface area (Å²) in [5.41, 5.74) is 1.04. The number of rotatable bonds is 2. The summed E-state index contributed by atoms with van der Waals surface area (Å²) in [6.45, 7) is 0. The topological polar surface area (TPSA) is 26.3 Å². The third kappa shape index (κ3) is 2.81. The van der Waals surface area contributed by atoms with E-state index < -0.39 is 0 Å². The zero-order valence-electron chi connectivity index (χ0n) is 10.0. The van der Waals surface area contributed by atoms with Crippen molar-refractivity contribution in [2.75, 3.05) is 7.11 Å². The predicted molar refractivity (Wildman–Crippen MR) is 68.8 cm³/mol. The molecular weight excluding hydrogens is 236 g/mol. The molecule has 0 bridgehead atoms. The SMILES string of the molecule is COc1cc(C2CCCCCC2=O)ccc1Cl. The molecule has 1 fully saturated rings. The Kier molecular flexibility index (Phi) is 4.06. The molecule has 1 aromatic rings. The fourth-order valence-corrected chi connectivity index (χ4v) is 2.60. The summed E-state index contributed by atoms with van der Waals surface area (Å²) in [5, 5.41) is 0.595. The molecule has 0 saturated heterocycles. The number of carbonyl (C=O) groups is 1. The molecule has 0 radical (unpaired) electrons. The van der Waals surface area contributed by atoms with Crippen molar-refractivity contribution in [1.82, 2.24) is 0 Å². The minimum atomic E-state index is 0.0312. The Balaban J connectivity index is 2.28. The molecular formula is C14H17ClO2. The quantitative estimate of drug-likeness (QED) is 0.745. The number of halogens is 1. The van der Waals surface area contributed by atoms with E-state index in [1.165, 1.54) is 0 Å². The van der Waals surface area contributed by atoms with Crippen LogP contribution in [0.25, 0.3) is 0 Å². The Morgan fingerprint density at radius 2 is 2.12 bits per heavy atom. The van der Waals surface area contributed by atoms with Crippen molar-refractivity contribution in [3.63, 3.8) is 0 Å². The molecule has 1 aromatic carbocycles. The number of Topliss-reactive ketones (excluding diaryl/α,β-unsaturated/α-hetero) is 1. The van der Waals surface area contributed by atoms with Crippen LogP contribution in [-0.4, -0.2) is 12.9 Å². The van der Waals surface area contributed by atoms with E-state index in [0.717, 1.165) is 31.2 Å². The first-order chi connectivity index (χ1) is 8.22. The number of ketones is 1. The minimum absolute atomic E-state index is 0.0312. The molecule has 92 valence electrons. The average Bonchev–Trinajstić information content (AvgIpc) is 2.55. The summed E-state index contributed by atoms with van der Waals surface area (Å²) in [6.07, 6.45) is 4.97. The highest BCUT2D eigenvalue weighted by atomic mass is 35.5. The molecule has 0 N–H and O–H groups in total. The van der Waals surface area contributed by atoms with Crippen LogP contribution in [0.4, 0.5) is 0 Å². The van der Waals surface area contributed by atoms with E-state index in [4.69, 9.17) is 16.3 Å². The van der Waals surface area contributed by atoms with Gasteiger partial charge < -0.3 is 4.74 Å². The molecule has 0 amide bonds. The maximum Gasteiger partial charge on any atom is 0.140 e. The number of ether oxygens (including phenoxy) is 1. The molecule has 1 unspecified atom stereocenters. The lowest BCUT2D eigenvalue weighted by Gasteiger charge is -2.14. The van der Waals surface area contributed by atoms with Gasteiger partial charge in [0.2, 0.25) is 0 Å². The molecule has 0 heterocycles. The second-order valence-corrected chi connectivity index (χ2v) is 4.92. The van der Waals surface area contributed by atoms with E-state index in [1.807, 2.05) is 18.2 Å². The van der Waals surface area contributed by atoms with E-state index in [2.05, 4.69) is 0 Å².